The Morgan fingerprint density at radius 2 is 1.60 bits per heavy atom. The average Bonchev–Trinajstić information content (AvgIpc) is 1.96. The Bertz CT molecular complexity index is 3010. The van der Waals surface area contributed by atoms with Crippen molar-refractivity contribution in [1.82, 2.24) is 46.3 Å². The number of carbonyl (C=O) groups excluding carboxylic acids is 12. The number of Topliss-reactive ketones (excluding diaryl/α,β-unsaturated/α-hetero) is 2. The van der Waals surface area contributed by atoms with Crippen LogP contribution >= 0.6 is 11.8 Å². The molecule has 5 aliphatic heterocycles. The second-order valence-electron chi connectivity index (χ2n) is 22.7. The maximum Gasteiger partial charge on any atom is 0.253 e. The highest BCUT2D eigenvalue weighted by molar-refractivity contribution is 7.99. The van der Waals surface area contributed by atoms with Gasteiger partial charge in [0.15, 0.2) is 11.6 Å². The third-order valence-electron chi connectivity index (χ3n) is 16.8. The number of ketones is 2. The zero-order chi connectivity index (χ0) is 62.7. The van der Waals surface area contributed by atoms with Gasteiger partial charge in [-0.3, -0.25) is 66.6 Å². The van der Waals surface area contributed by atoms with Gasteiger partial charge in [-0.15, -0.1) is 0 Å². The highest BCUT2D eigenvalue weighted by atomic mass is 32.2. The molecule has 0 saturated carbocycles. The second kappa shape index (κ2) is 30.0. The van der Waals surface area contributed by atoms with Crippen LogP contribution in [0.5, 0.6) is 5.75 Å². The van der Waals surface area contributed by atoms with Gasteiger partial charge in [-0.1, -0.05) is 33.6 Å². The smallest absolute Gasteiger partial charge is 0.253 e. The number of carbonyl (C=O) groups is 12. The van der Waals surface area contributed by atoms with Gasteiger partial charge < -0.3 is 67.2 Å². The molecule has 2 bridgehead atoms. The number of likely N-dealkylation sites (tertiary alicyclic amines) is 1. The van der Waals surface area contributed by atoms with E-state index in [1.54, 1.807) is 30.9 Å². The lowest BCUT2D eigenvalue weighted by molar-refractivity contribution is -0.144. The van der Waals surface area contributed by atoms with Crippen molar-refractivity contribution in [1.29, 1.82) is 0 Å². The molecular weight excluding hydrogens is 1160 g/mol. The lowest BCUT2D eigenvalue weighted by Crippen LogP contribution is -2.60. The third-order valence-corrected chi connectivity index (χ3v) is 19.5. The Morgan fingerprint density at radius 1 is 0.884 bits per heavy atom. The Kier molecular flexibility index (Phi) is 23.2. The summed E-state index contributed by atoms with van der Waals surface area (Å²) in [5.41, 5.74) is 6.69. The van der Waals surface area contributed by atoms with Crippen molar-refractivity contribution >= 4 is 104 Å². The lowest BCUT2D eigenvalue weighted by atomic mass is 9.85. The lowest BCUT2D eigenvalue weighted by Gasteiger charge is -2.32. The quantitative estimate of drug-likeness (QED) is 0.0598. The minimum absolute atomic E-state index is 0.0445. The topological polar surface area (TPSA) is 404 Å². The molecule has 7 rings (SSSR count). The van der Waals surface area contributed by atoms with Gasteiger partial charge in [-0.05, 0) is 49.3 Å². The number of aliphatic hydroxyl groups excluding tert-OH is 3. The van der Waals surface area contributed by atoms with Crippen molar-refractivity contribution in [3.8, 4) is 5.75 Å². The first-order valence-electron chi connectivity index (χ1n) is 29.0. The van der Waals surface area contributed by atoms with E-state index in [-0.39, 0.29) is 58.7 Å². The van der Waals surface area contributed by atoms with Crippen molar-refractivity contribution in [2.45, 2.75) is 144 Å². The number of aliphatic hydroxyl groups is 3. The summed E-state index contributed by atoms with van der Waals surface area (Å²) in [4.78, 5) is 172. The van der Waals surface area contributed by atoms with E-state index in [1.807, 2.05) is 0 Å². The van der Waals surface area contributed by atoms with Crippen molar-refractivity contribution in [2.75, 3.05) is 58.7 Å². The summed E-state index contributed by atoms with van der Waals surface area (Å²) in [6.07, 6.45) is -0.300. The number of ether oxygens (including phenoxy) is 1. The number of nitrogens with one attached hydrogen (secondary N) is 6. The minimum Gasteiger partial charge on any atom is -0.496 e. The Hall–Kier alpha value is -7.08. The summed E-state index contributed by atoms with van der Waals surface area (Å²) in [7, 11) is -0.980. The molecule has 2 fully saturated rings. The summed E-state index contributed by atoms with van der Waals surface area (Å²) in [6.45, 7) is 3.26. The van der Waals surface area contributed by atoms with E-state index in [0.717, 1.165) is 9.80 Å². The van der Waals surface area contributed by atoms with Crippen LogP contribution in [-0.4, -0.2) is 210 Å². The minimum atomic E-state index is -2.42. The fourth-order valence-corrected chi connectivity index (χ4v) is 14.2. The molecule has 2 aromatic rings. The molecule has 12 atom stereocenters. The van der Waals surface area contributed by atoms with Crippen LogP contribution in [0.4, 0.5) is 0 Å². The number of nitrogens with two attached hydrogens (primary N) is 1. The number of hydrogen-bond donors (Lipinski definition) is 10. The number of fused-ring (bicyclic) bond motifs is 5. The van der Waals surface area contributed by atoms with E-state index in [1.165, 1.54) is 37.9 Å². The predicted molar refractivity (Wildman–Crippen MR) is 310 cm³/mol. The van der Waals surface area contributed by atoms with Gasteiger partial charge in [-0.2, -0.15) is 11.8 Å². The predicted octanol–water partition coefficient (Wildman–Crippen LogP) is -2.12. The van der Waals surface area contributed by atoms with E-state index in [0.29, 0.717) is 67.4 Å². The molecule has 5 aliphatic rings. The number of aromatic nitrogens is 1. The van der Waals surface area contributed by atoms with Crippen LogP contribution in [0, 0.1) is 23.7 Å². The molecule has 470 valence electrons. The first-order valence-corrected chi connectivity index (χ1v) is 31.4. The number of primary amides is 1. The number of benzene rings is 1. The standard InChI is InChI=1S/C57H78N10O17S2/c1-5-29(2)36-19-32(69)22-59-52(78)31-17-37-35-10-11-44(84-4)38(27-85-34-14-16-65(25-34)47(75)9-7-6-8-15-66-48(76)12-13-49(66)77)51(35)64-56(37)86(83)28-40(61-46(74)23-60-53(36)79)54(80)62-39(21-45(58)73)57(82)67-24-33(70)20-41(67)55(81)63-50(42(71)18-31)30(3)43(72)26-68/h10-13,29-31,33-34,36,39-41,43,50,64,68,70,72H,5-9,14-28H2,1-4H3,(H2,58,73)(H,59,78)(H,60,79)(H,61,74)(H,62,80)(H,63,81)/t29-,30-,31+,33+,34-,36-,39-,40-,41-,43-,50-,86?/m0/s1. The second-order valence-corrected chi connectivity index (χ2v) is 25.5. The van der Waals surface area contributed by atoms with E-state index in [4.69, 9.17) is 10.5 Å². The van der Waals surface area contributed by atoms with Crippen LogP contribution in [0.3, 0.4) is 0 Å². The van der Waals surface area contributed by atoms with Crippen molar-refractivity contribution in [3.05, 3.63) is 35.4 Å². The van der Waals surface area contributed by atoms with Crippen LogP contribution in [-0.2, 0) is 80.5 Å². The number of aromatic amines is 1. The number of imide groups is 1. The Balaban J connectivity index is 1.30. The number of H-pyrrole nitrogens is 1. The number of methoxy groups -OCH3 is 1. The molecule has 1 aromatic heterocycles. The molecular formula is C57H78N10O17S2. The molecule has 0 radical (unpaired) electrons. The number of unbranched alkanes of at least 4 members (excludes halogenated alkanes) is 2. The average molecular weight is 1240 g/mol. The van der Waals surface area contributed by atoms with Crippen LogP contribution < -0.4 is 37.1 Å². The number of rotatable bonds is 17. The summed E-state index contributed by atoms with van der Waals surface area (Å²) in [5.74, 6) is -13.5. The third kappa shape index (κ3) is 16.3. The summed E-state index contributed by atoms with van der Waals surface area (Å²) < 4.78 is 21.3. The van der Waals surface area contributed by atoms with Gasteiger partial charge in [0.1, 0.15) is 28.9 Å². The highest BCUT2D eigenvalue weighted by Crippen LogP contribution is 2.39. The number of hydrogen-bond acceptors (Lipinski definition) is 18. The molecule has 0 aliphatic carbocycles. The maximum absolute atomic E-state index is 15.4. The molecule has 2 saturated heterocycles. The van der Waals surface area contributed by atoms with E-state index < -0.39 is 181 Å². The van der Waals surface area contributed by atoms with Crippen molar-refractivity contribution in [2.24, 2.45) is 29.4 Å². The molecule has 1 unspecified atom stereocenters. The van der Waals surface area contributed by atoms with Crippen LogP contribution in [0.2, 0.25) is 0 Å². The van der Waals surface area contributed by atoms with Gasteiger partial charge in [-0.25, -0.2) is 0 Å². The monoisotopic (exact) mass is 1240 g/mol. The first kappa shape index (κ1) is 66.4. The van der Waals surface area contributed by atoms with Gasteiger partial charge in [0, 0.05) is 104 Å². The van der Waals surface area contributed by atoms with Crippen LogP contribution in [0.15, 0.2) is 29.3 Å². The Morgan fingerprint density at radius 3 is 2.29 bits per heavy atom. The molecule has 29 heteroatoms. The normalized spacial score (nSPS) is 27.0. The molecule has 27 nitrogen and oxygen atoms in total. The van der Waals surface area contributed by atoms with Gasteiger partial charge in [0.25, 0.3) is 11.8 Å². The van der Waals surface area contributed by atoms with Gasteiger partial charge >= 0.3 is 0 Å². The number of nitrogens with zero attached hydrogens (tertiary/aromatic N) is 3. The van der Waals surface area contributed by atoms with E-state index >= 15 is 9.00 Å². The molecule has 86 heavy (non-hydrogen) atoms. The molecule has 11 N–H and O–H groups in total. The summed E-state index contributed by atoms with van der Waals surface area (Å²) in [6, 6.07) is -3.68. The Labute approximate surface area is 503 Å². The molecule has 1 aromatic carbocycles. The summed E-state index contributed by atoms with van der Waals surface area (Å²) in [5, 5.41) is 44.9. The first-order chi connectivity index (χ1) is 40.9. The molecule has 0 spiro atoms. The van der Waals surface area contributed by atoms with Crippen LogP contribution in [0.25, 0.3) is 10.9 Å². The zero-order valence-electron chi connectivity index (χ0n) is 48.6. The number of thioether (sulfide) groups is 1. The fourth-order valence-electron chi connectivity index (χ4n) is 11.5. The molecule has 10 amide bonds. The zero-order valence-corrected chi connectivity index (χ0v) is 50.2. The summed E-state index contributed by atoms with van der Waals surface area (Å²) >= 11 is 1.52. The largest absolute Gasteiger partial charge is 0.496 e. The van der Waals surface area contributed by atoms with Gasteiger partial charge in [0.05, 0.1) is 73.5 Å². The maximum atomic E-state index is 15.4. The van der Waals surface area contributed by atoms with E-state index in [2.05, 4.69) is 31.6 Å². The molecule has 6 heterocycles. The van der Waals surface area contributed by atoms with Crippen LogP contribution in [0.1, 0.15) is 96.1 Å². The van der Waals surface area contributed by atoms with Crippen molar-refractivity contribution in [3.63, 3.8) is 0 Å². The SMILES string of the molecule is CC[C@H](C)[C@@H]1CC(=O)CNC(=O)[C@H]2CC(=O)[C@H]([C@@H](C)[C@@H](O)CO)NC(=O)[C@@H]3C[C@@H](O)CN3C(=O)[C@H](CC(N)=O)NC(=O)[C@H](CS(=O)c3[nH]c4c(CS[C@H]5CCN(C(=O)CCCCCN6C(=O)C=CC6=O)C5)c(OC)ccc4c3C2)NC(=O)CNC1=O. The van der Waals surface area contributed by atoms with E-state index in [9.17, 15) is 68.1 Å². The fraction of sp³-hybridized carbons (Fsp3) is 0.614. The highest BCUT2D eigenvalue weighted by Gasteiger charge is 2.45. The number of amides is 10. The van der Waals surface area contributed by atoms with Crippen molar-refractivity contribution < 1.29 is 81.8 Å². The van der Waals surface area contributed by atoms with Gasteiger partial charge in [0.2, 0.25) is 47.3 Å².